The van der Waals surface area contributed by atoms with Crippen LogP contribution in [0, 0.1) is 6.92 Å². The molecular formula is C21H26N6O2. The first-order valence-corrected chi connectivity index (χ1v) is 9.59. The minimum atomic E-state index is -0.659. The monoisotopic (exact) mass is 394 g/mol. The van der Waals surface area contributed by atoms with E-state index in [1.54, 1.807) is 4.90 Å². The van der Waals surface area contributed by atoms with E-state index in [1.807, 2.05) is 38.1 Å². The standard InChI is InChI=1S/C21H26N6O2/c1-4-18(28)27-10-6-9-16(14(27)3)25-17-12-23-19(20(22)29)21(26-17)24-15-8-5-7-13(2)11-15/h4-5,7-8,11-12,14,16H,1,6,9-10H2,2-3H3,(H2,22,29)(H2,24,25,26)/t14-,16-/m1/s1. The number of aryl methyl sites for hydroxylation is 1. The second-order valence-corrected chi connectivity index (χ2v) is 7.18. The molecule has 152 valence electrons. The van der Waals surface area contributed by atoms with E-state index in [4.69, 9.17) is 5.73 Å². The predicted octanol–water partition coefficient (Wildman–Crippen LogP) is 2.60. The maximum absolute atomic E-state index is 12.1. The number of hydrogen-bond donors (Lipinski definition) is 3. The molecule has 1 fully saturated rings. The quantitative estimate of drug-likeness (QED) is 0.649. The van der Waals surface area contributed by atoms with Crippen LogP contribution in [0.4, 0.5) is 17.3 Å². The Balaban J connectivity index is 1.83. The van der Waals surface area contributed by atoms with Gasteiger partial charge in [0, 0.05) is 24.3 Å². The highest BCUT2D eigenvalue weighted by Gasteiger charge is 2.30. The molecule has 0 bridgehead atoms. The van der Waals surface area contributed by atoms with Crippen LogP contribution in [0.3, 0.4) is 0 Å². The van der Waals surface area contributed by atoms with E-state index >= 15 is 0 Å². The van der Waals surface area contributed by atoms with Crippen LogP contribution in [0.2, 0.25) is 0 Å². The summed E-state index contributed by atoms with van der Waals surface area (Å²) >= 11 is 0. The second-order valence-electron chi connectivity index (χ2n) is 7.18. The van der Waals surface area contributed by atoms with Crippen LogP contribution >= 0.6 is 0 Å². The van der Waals surface area contributed by atoms with Gasteiger partial charge in [0.25, 0.3) is 5.91 Å². The highest BCUT2D eigenvalue weighted by atomic mass is 16.2. The van der Waals surface area contributed by atoms with E-state index in [2.05, 4.69) is 27.2 Å². The SMILES string of the molecule is C=CC(=O)N1CCC[C@@H](Nc2cnc(C(N)=O)c(Nc3cccc(C)c3)n2)[C@H]1C. The van der Waals surface area contributed by atoms with Gasteiger partial charge in [-0.3, -0.25) is 9.59 Å². The van der Waals surface area contributed by atoms with E-state index in [9.17, 15) is 9.59 Å². The number of amides is 2. The molecule has 0 aliphatic carbocycles. The Kier molecular flexibility index (Phi) is 6.11. The minimum Gasteiger partial charge on any atom is -0.364 e. The van der Waals surface area contributed by atoms with Crippen molar-refractivity contribution < 1.29 is 9.59 Å². The fraction of sp³-hybridized carbons (Fsp3) is 0.333. The maximum Gasteiger partial charge on any atom is 0.271 e. The summed E-state index contributed by atoms with van der Waals surface area (Å²) in [6, 6.07) is 7.68. The van der Waals surface area contributed by atoms with Gasteiger partial charge in [-0.2, -0.15) is 0 Å². The number of benzene rings is 1. The molecule has 1 saturated heterocycles. The summed E-state index contributed by atoms with van der Waals surface area (Å²) in [6.45, 7) is 8.25. The van der Waals surface area contributed by atoms with Gasteiger partial charge >= 0.3 is 0 Å². The number of likely N-dealkylation sites (tertiary alicyclic amines) is 1. The summed E-state index contributed by atoms with van der Waals surface area (Å²) in [5, 5.41) is 6.48. The molecule has 2 atom stereocenters. The smallest absolute Gasteiger partial charge is 0.271 e. The molecule has 0 unspecified atom stereocenters. The number of nitrogens with two attached hydrogens (primary N) is 1. The van der Waals surface area contributed by atoms with Crippen molar-refractivity contribution in [3.63, 3.8) is 0 Å². The molecule has 1 aromatic carbocycles. The van der Waals surface area contributed by atoms with Crippen LogP contribution in [0.5, 0.6) is 0 Å². The third-order valence-electron chi connectivity index (χ3n) is 5.07. The van der Waals surface area contributed by atoms with Gasteiger partial charge in [-0.05, 0) is 50.5 Å². The number of primary amides is 1. The molecule has 1 aromatic heterocycles. The zero-order valence-electron chi connectivity index (χ0n) is 16.7. The highest BCUT2D eigenvalue weighted by molar-refractivity contribution is 5.96. The van der Waals surface area contributed by atoms with Crippen molar-refractivity contribution in [2.75, 3.05) is 17.2 Å². The number of carbonyl (C=O) groups is 2. The summed E-state index contributed by atoms with van der Waals surface area (Å²) < 4.78 is 0. The van der Waals surface area contributed by atoms with Crippen LogP contribution in [0.1, 0.15) is 35.8 Å². The minimum absolute atomic E-state index is 0.00759. The topological polar surface area (TPSA) is 113 Å². The van der Waals surface area contributed by atoms with Crippen molar-refractivity contribution in [1.29, 1.82) is 0 Å². The van der Waals surface area contributed by atoms with Crippen molar-refractivity contribution >= 4 is 29.1 Å². The molecule has 4 N–H and O–H groups in total. The molecule has 0 saturated carbocycles. The van der Waals surface area contributed by atoms with Gasteiger partial charge in [0.15, 0.2) is 11.5 Å². The van der Waals surface area contributed by atoms with Crippen molar-refractivity contribution in [2.45, 2.75) is 38.8 Å². The number of rotatable bonds is 6. The van der Waals surface area contributed by atoms with E-state index in [0.717, 1.165) is 24.1 Å². The van der Waals surface area contributed by atoms with Gasteiger partial charge in [0.1, 0.15) is 5.82 Å². The number of aromatic nitrogens is 2. The largest absolute Gasteiger partial charge is 0.364 e. The lowest BCUT2D eigenvalue weighted by atomic mass is 9.97. The fourth-order valence-electron chi connectivity index (χ4n) is 3.54. The number of nitrogens with zero attached hydrogens (tertiary/aromatic N) is 3. The highest BCUT2D eigenvalue weighted by Crippen LogP contribution is 2.24. The van der Waals surface area contributed by atoms with Crippen molar-refractivity contribution in [3.8, 4) is 0 Å². The zero-order valence-corrected chi connectivity index (χ0v) is 16.7. The van der Waals surface area contributed by atoms with Crippen molar-refractivity contribution in [2.24, 2.45) is 5.73 Å². The Morgan fingerprint density at radius 1 is 1.38 bits per heavy atom. The molecular weight excluding hydrogens is 368 g/mol. The molecule has 0 radical (unpaired) electrons. The van der Waals surface area contributed by atoms with E-state index in [0.29, 0.717) is 12.4 Å². The van der Waals surface area contributed by atoms with Gasteiger partial charge in [-0.25, -0.2) is 9.97 Å². The fourth-order valence-corrected chi connectivity index (χ4v) is 3.54. The van der Waals surface area contributed by atoms with Crippen LogP contribution in [-0.4, -0.2) is 45.3 Å². The number of carbonyl (C=O) groups excluding carboxylic acids is 2. The van der Waals surface area contributed by atoms with Gasteiger partial charge in [-0.1, -0.05) is 18.7 Å². The summed E-state index contributed by atoms with van der Waals surface area (Å²) in [6.07, 6.45) is 4.59. The number of hydrogen-bond acceptors (Lipinski definition) is 6. The average molecular weight is 394 g/mol. The lowest BCUT2D eigenvalue weighted by molar-refractivity contribution is -0.129. The molecule has 1 aliphatic heterocycles. The maximum atomic E-state index is 12.1. The normalized spacial score (nSPS) is 18.8. The first-order valence-electron chi connectivity index (χ1n) is 9.59. The Morgan fingerprint density at radius 2 is 2.17 bits per heavy atom. The Morgan fingerprint density at radius 3 is 2.86 bits per heavy atom. The second kappa shape index (κ2) is 8.72. The summed E-state index contributed by atoms with van der Waals surface area (Å²) in [5.41, 5.74) is 7.39. The van der Waals surface area contributed by atoms with E-state index in [-0.39, 0.29) is 29.5 Å². The lowest BCUT2D eigenvalue weighted by Gasteiger charge is -2.39. The number of anilines is 3. The van der Waals surface area contributed by atoms with Crippen molar-refractivity contribution in [3.05, 3.63) is 54.4 Å². The first kappa shape index (κ1) is 20.3. The van der Waals surface area contributed by atoms with Crippen molar-refractivity contribution in [1.82, 2.24) is 14.9 Å². The number of piperidine rings is 1. The number of nitrogens with one attached hydrogen (secondary N) is 2. The van der Waals surface area contributed by atoms with Gasteiger partial charge in [0.2, 0.25) is 5.91 Å². The average Bonchev–Trinajstić information content (AvgIpc) is 2.69. The Bertz CT molecular complexity index is 929. The third kappa shape index (κ3) is 4.71. The van der Waals surface area contributed by atoms with E-state index < -0.39 is 5.91 Å². The molecule has 8 nitrogen and oxygen atoms in total. The van der Waals surface area contributed by atoms with Crippen LogP contribution in [-0.2, 0) is 4.79 Å². The molecule has 3 rings (SSSR count). The lowest BCUT2D eigenvalue weighted by Crippen LogP contribution is -2.51. The van der Waals surface area contributed by atoms with Crippen LogP contribution < -0.4 is 16.4 Å². The van der Waals surface area contributed by atoms with Gasteiger partial charge < -0.3 is 21.3 Å². The molecule has 0 spiro atoms. The Hall–Kier alpha value is -3.42. The molecule has 1 aliphatic rings. The first-order chi connectivity index (χ1) is 13.9. The molecule has 2 heterocycles. The van der Waals surface area contributed by atoms with Gasteiger partial charge in [0.05, 0.1) is 6.20 Å². The molecule has 2 aromatic rings. The van der Waals surface area contributed by atoms with E-state index in [1.165, 1.54) is 12.3 Å². The third-order valence-corrected chi connectivity index (χ3v) is 5.07. The van der Waals surface area contributed by atoms with Crippen LogP contribution in [0.15, 0.2) is 43.1 Å². The predicted molar refractivity (Wildman–Crippen MR) is 113 cm³/mol. The van der Waals surface area contributed by atoms with Crippen LogP contribution in [0.25, 0.3) is 0 Å². The summed E-state index contributed by atoms with van der Waals surface area (Å²) in [7, 11) is 0. The summed E-state index contributed by atoms with van der Waals surface area (Å²) in [5.74, 6) is 0.0550. The Labute approximate surface area is 170 Å². The molecule has 29 heavy (non-hydrogen) atoms. The molecule has 8 heteroatoms. The summed E-state index contributed by atoms with van der Waals surface area (Å²) in [4.78, 5) is 34.4. The van der Waals surface area contributed by atoms with Gasteiger partial charge in [-0.15, -0.1) is 0 Å². The molecule has 2 amide bonds. The zero-order chi connectivity index (χ0) is 21.0.